The average Bonchev–Trinajstić information content (AvgIpc) is 2.43. The van der Waals surface area contributed by atoms with E-state index in [9.17, 15) is 9.59 Å². The van der Waals surface area contributed by atoms with Crippen molar-refractivity contribution in [2.45, 2.75) is 26.3 Å². The van der Waals surface area contributed by atoms with Crippen molar-refractivity contribution >= 4 is 17.8 Å². The van der Waals surface area contributed by atoms with Gasteiger partial charge in [-0.1, -0.05) is 20.3 Å². The monoisotopic (exact) mass is 267 g/mol. The van der Waals surface area contributed by atoms with Gasteiger partial charge in [-0.3, -0.25) is 0 Å². The van der Waals surface area contributed by atoms with Gasteiger partial charge >= 0.3 is 11.9 Å². The van der Waals surface area contributed by atoms with E-state index in [2.05, 4.69) is 20.0 Å². The zero-order valence-electron chi connectivity index (χ0n) is 11.1. The van der Waals surface area contributed by atoms with E-state index in [-0.39, 0.29) is 17.4 Å². The van der Waals surface area contributed by atoms with Crippen molar-refractivity contribution in [3.8, 4) is 0 Å². The lowest BCUT2D eigenvalue weighted by atomic mass is 9.99. The molecular formula is C12H17N3O4. The molecule has 0 saturated heterocycles. The molecule has 0 amide bonds. The Morgan fingerprint density at radius 3 is 2.68 bits per heavy atom. The number of methoxy groups -OCH3 is 1. The van der Waals surface area contributed by atoms with Gasteiger partial charge in [0, 0.05) is 6.07 Å². The van der Waals surface area contributed by atoms with Crippen molar-refractivity contribution in [3.63, 3.8) is 0 Å². The van der Waals surface area contributed by atoms with Gasteiger partial charge in [-0.2, -0.15) is 0 Å². The second-order valence-corrected chi connectivity index (χ2v) is 4.13. The number of nitrogens with zero attached hydrogens (tertiary/aromatic N) is 2. The first-order chi connectivity index (χ1) is 8.99. The molecule has 104 valence electrons. The van der Waals surface area contributed by atoms with Crippen LogP contribution >= 0.6 is 0 Å². The largest absolute Gasteiger partial charge is 0.480 e. The highest BCUT2D eigenvalue weighted by Crippen LogP contribution is 2.14. The maximum absolute atomic E-state index is 11.3. The number of aromatic nitrogens is 2. The predicted octanol–water partition coefficient (Wildman–Crippen LogP) is 1.17. The highest BCUT2D eigenvalue weighted by Gasteiger charge is 2.24. The third-order valence-electron chi connectivity index (χ3n) is 2.84. The van der Waals surface area contributed by atoms with Crippen LogP contribution in [-0.2, 0) is 9.53 Å². The van der Waals surface area contributed by atoms with Crippen molar-refractivity contribution < 1.29 is 19.4 Å². The Morgan fingerprint density at radius 1 is 1.47 bits per heavy atom. The summed E-state index contributed by atoms with van der Waals surface area (Å²) in [5, 5.41) is 12.0. The number of anilines is 1. The molecule has 1 aromatic heterocycles. The smallest absolute Gasteiger partial charge is 0.356 e. The number of carboxylic acid groups (broad SMARTS) is 1. The lowest BCUT2D eigenvalue weighted by molar-refractivity contribution is -0.139. The summed E-state index contributed by atoms with van der Waals surface area (Å²) in [4.78, 5) is 30.2. The molecule has 0 aliphatic rings. The Bertz CT molecular complexity index is 464. The molecule has 7 nitrogen and oxygen atoms in total. The summed E-state index contributed by atoms with van der Waals surface area (Å²) in [7, 11) is 1.25. The van der Waals surface area contributed by atoms with Gasteiger partial charge in [-0.05, 0) is 5.92 Å². The number of hydrogen-bond donors (Lipinski definition) is 2. The fraction of sp³-hybridized carbons (Fsp3) is 0.500. The second kappa shape index (κ2) is 6.67. The molecule has 2 atom stereocenters. The summed E-state index contributed by atoms with van der Waals surface area (Å²) >= 11 is 0. The first-order valence-corrected chi connectivity index (χ1v) is 5.89. The lowest BCUT2D eigenvalue weighted by Gasteiger charge is -2.20. The van der Waals surface area contributed by atoms with Gasteiger partial charge in [0.05, 0.1) is 7.11 Å². The van der Waals surface area contributed by atoms with Crippen LogP contribution < -0.4 is 5.32 Å². The number of esters is 1. The quantitative estimate of drug-likeness (QED) is 0.746. The van der Waals surface area contributed by atoms with Crippen molar-refractivity contribution in [2.75, 3.05) is 12.4 Å². The number of aliphatic carboxylic acids is 1. The summed E-state index contributed by atoms with van der Waals surface area (Å²) in [5.74, 6) is -1.36. The summed E-state index contributed by atoms with van der Waals surface area (Å²) in [5.41, 5.74) is 0.0771. The first-order valence-electron chi connectivity index (χ1n) is 5.89. The van der Waals surface area contributed by atoms with Crippen molar-refractivity contribution in [3.05, 3.63) is 18.1 Å². The number of rotatable bonds is 6. The zero-order valence-corrected chi connectivity index (χ0v) is 11.1. The molecule has 0 spiro atoms. The molecule has 0 aromatic carbocycles. The molecule has 2 N–H and O–H groups in total. The SMILES string of the molecule is CC[C@H](C)[C@H](Nc1cc(C(=O)OC)ncn1)C(=O)O. The predicted molar refractivity (Wildman–Crippen MR) is 67.9 cm³/mol. The Morgan fingerprint density at radius 2 is 2.16 bits per heavy atom. The van der Waals surface area contributed by atoms with Crippen LogP contribution in [0.2, 0.25) is 0 Å². The highest BCUT2D eigenvalue weighted by atomic mass is 16.5. The van der Waals surface area contributed by atoms with Crippen molar-refractivity contribution in [1.29, 1.82) is 0 Å². The van der Waals surface area contributed by atoms with Gasteiger partial charge in [0.25, 0.3) is 0 Å². The Kier molecular flexibility index (Phi) is 5.23. The van der Waals surface area contributed by atoms with E-state index in [1.165, 1.54) is 19.5 Å². The minimum Gasteiger partial charge on any atom is -0.480 e. The standard InChI is InChI=1S/C12H17N3O4/c1-4-7(2)10(11(16)17)15-9-5-8(12(18)19-3)13-6-14-9/h5-7,10H,4H2,1-3H3,(H,16,17)(H,13,14,15)/t7-,10-/m0/s1. The van der Waals surface area contributed by atoms with E-state index in [4.69, 9.17) is 5.11 Å². The van der Waals surface area contributed by atoms with Crippen molar-refractivity contribution in [1.82, 2.24) is 9.97 Å². The number of carbonyl (C=O) groups excluding carboxylic acids is 1. The molecule has 1 heterocycles. The minimum absolute atomic E-state index is 0.0750. The molecule has 1 aromatic rings. The maximum atomic E-state index is 11.3. The van der Waals surface area contributed by atoms with Gasteiger partial charge < -0.3 is 15.2 Å². The van der Waals surface area contributed by atoms with Gasteiger partial charge in [-0.25, -0.2) is 19.6 Å². The molecule has 1 rings (SSSR count). The van der Waals surface area contributed by atoms with Crippen LogP contribution in [-0.4, -0.2) is 40.2 Å². The third-order valence-corrected chi connectivity index (χ3v) is 2.84. The fourth-order valence-electron chi connectivity index (χ4n) is 1.49. The van der Waals surface area contributed by atoms with Gasteiger partial charge in [0.15, 0.2) is 5.69 Å². The second-order valence-electron chi connectivity index (χ2n) is 4.13. The van der Waals surface area contributed by atoms with Crippen LogP contribution in [0.15, 0.2) is 12.4 Å². The fourth-order valence-corrected chi connectivity index (χ4v) is 1.49. The van der Waals surface area contributed by atoms with Gasteiger partial charge in [-0.15, -0.1) is 0 Å². The van der Waals surface area contributed by atoms with Crippen LogP contribution in [0, 0.1) is 5.92 Å². The van der Waals surface area contributed by atoms with Gasteiger partial charge in [0.1, 0.15) is 18.2 Å². The maximum Gasteiger partial charge on any atom is 0.356 e. The van der Waals surface area contributed by atoms with Crippen LogP contribution in [0.5, 0.6) is 0 Å². The molecule has 0 aliphatic carbocycles. The van der Waals surface area contributed by atoms with Crippen LogP contribution in [0.4, 0.5) is 5.82 Å². The Balaban J connectivity index is 2.91. The van der Waals surface area contributed by atoms with E-state index in [1.54, 1.807) is 0 Å². The molecule has 0 fully saturated rings. The Labute approximate surface area is 111 Å². The zero-order chi connectivity index (χ0) is 14.4. The van der Waals surface area contributed by atoms with E-state index >= 15 is 0 Å². The molecule has 0 bridgehead atoms. The molecular weight excluding hydrogens is 250 g/mol. The number of carboxylic acids is 1. The van der Waals surface area contributed by atoms with Crippen LogP contribution in [0.3, 0.4) is 0 Å². The summed E-state index contributed by atoms with van der Waals surface area (Å²) < 4.78 is 4.54. The topological polar surface area (TPSA) is 101 Å². The molecule has 0 saturated carbocycles. The van der Waals surface area contributed by atoms with E-state index in [0.717, 1.165) is 0 Å². The van der Waals surface area contributed by atoms with Gasteiger partial charge in [0.2, 0.25) is 0 Å². The lowest BCUT2D eigenvalue weighted by Crippen LogP contribution is -2.35. The van der Waals surface area contributed by atoms with Crippen molar-refractivity contribution in [2.24, 2.45) is 5.92 Å². The molecule has 7 heteroatoms. The average molecular weight is 267 g/mol. The normalized spacial score (nSPS) is 13.4. The molecule has 0 aliphatic heterocycles. The summed E-state index contributed by atoms with van der Waals surface area (Å²) in [6.07, 6.45) is 1.89. The van der Waals surface area contributed by atoms with E-state index in [1.807, 2.05) is 13.8 Å². The third kappa shape index (κ3) is 3.90. The molecule has 0 radical (unpaired) electrons. The summed E-state index contributed by atoms with van der Waals surface area (Å²) in [6.45, 7) is 3.73. The summed E-state index contributed by atoms with van der Waals surface area (Å²) in [6, 6.07) is 0.592. The van der Waals surface area contributed by atoms with E-state index in [0.29, 0.717) is 6.42 Å². The van der Waals surface area contributed by atoms with Crippen LogP contribution in [0.1, 0.15) is 30.8 Å². The number of hydrogen-bond acceptors (Lipinski definition) is 6. The van der Waals surface area contributed by atoms with E-state index < -0.39 is 18.0 Å². The number of ether oxygens (including phenoxy) is 1. The first kappa shape index (κ1) is 14.9. The molecule has 19 heavy (non-hydrogen) atoms. The highest BCUT2D eigenvalue weighted by molar-refractivity contribution is 5.88. The van der Waals surface area contributed by atoms with Crippen LogP contribution in [0.25, 0.3) is 0 Å². The molecule has 0 unspecified atom stereocenters. The number of nitrogens with one attached hydrogen (secondary N) is 1. The Hall–Kier alpha value is -2.18. The number of carbonyl (C=O) groups is 2. The minimum atomic E-state index is -0.965.